The van der Waals surface area contributed by atoms with Crippen molar-refractivity contribution in [3.63, 3.8) is 0 Å². The Balaban J connectivity index is 2.07. The van der Waals surface area contributed by atoms with E-state index in [1.165, 1.54) is 6.07 Å². The van der Waals surface area contributed by atoms with E-state index < -0.39 is 0 Å². The molecule has 1 unspecified atom stereocenters. The topological polar surface area (TPSA) is 34.1 Å². The van der Waals surface area contributed by atoms with Crippen LogP contribution in [0, 0.1) is 5.82 Å². The van der Waals surface area contributed by atoms with E-state index in [4.69, 9.17) is 4.74 Å². The zero-order valence-electron chi connectivity index (χ0n) is 11.4. The van der Waals surface area contributed by atoms with Crippen molar-refractivity contribution < 1.29 is 9.13 Å². The van der Waals surface area contributed by atoms with Crippen LogP contribution < -0.4 is 10.1 Å². The number of ether oxygens (including phenoxy) is 1. The van der Waals surface area contributed by atoms with Crippen molar-refractivity contribution in [3.8, 4) is 5.75 Å². The van der Waals surface area contributed by atoms with Crippen molar-refractivity contribution in [2.24, 2.45) is 0 Å². The Morgan fingerprint density at radius 1 is 1.35 bits per heavy atom. The van der Waals surface area contributed by atoms with Gasteiger partial charge in [-0.25, -0.2) is 4.39 Å². The molecule has 0 saturated carbocycles. The number of hydrogen-bond acceptors (Lipinski definition) is 3. The Hall–Kier alpha value is -1.46. The Kier molecular flexibility index (Phi) is 5.09. The monoisotopic (exact) mass is 338 g/mol. The molecule has 0 aliphatic heterocycles. The molecule has 0 spiro atoms. The fraction of sp³-hybridized carbons (Fsp3) is 0.267. The Morgan fingerprint density at radius 2 is 2.15 bits per heavy atom. The van der Waals surface area contributed by atoms with Crippen LogP contribution in [0.1, 0.15) is 24.1 Å². The Labute approximate surface area is 126 Å². The quantitative estimate of drug-likeness (QED) is 0.899. The van der Waals surface area contributed by atoms with E-state index in [1.807, 2.05) is 26.1 Å². The molecule has 0 fully saturated rings. The SMILES string of the molecule is CNC(C)c1ccc(OCc2cncc(Br)c2)c(F)c1. The molecule has 0 radical (unpaired) electrons. The van der Waals surface area contributed by atoms with Gasteiger partial charge in [-0.3, -0.25) is 4.98 Å². The number of aromatic nitrogens is 1. The van der Waals surface area contributed by atoms with Crippen LogP contribution in [0.25, 0.3) is 0 Å². The number of hydrogen-bond donors (Lipinski definition) is 1. The largest absolute Gasteiger partial charge is 0.486 e. The van der Waals surface area contributed by atoms with E-state index in [-0.39, 0.29) is 24.2 Å². The third-order valence-electron chi connectivity index (χ3n) is 3.04. The van der Waals surface area contributed by atoms with Gasteiger partial charge in [0.15, 0.2) is 11.6 Å². The smallest absolute Gasteiger partial charge is 0.165 e. The van der Waals surface area contributed by atoms with E-state index >= 15 is 0 Å². The lowest BCUT2D eigenvalue weighted by Gasteiger charge is -2.13. The molecule has 1 heterocycles. The number of halogens is 2. The van der Waals surface area contributed by atoms with Crippen molar-refractivity contribution >= 4 is 15.9 Å². The van der Waals surface area contributed by atoms with Crippen LogP contribution in [0.2, 0.25) is 0 Å². The van der Waals surface area contributed by atoms with Gasteiger partial charge in [0.2, 0.25) is 0 Å². The molecular weight excluding hydrogens is 323 g/mol. The third-order valence-corrected chi connectivity index (χ3v) is 3.48. The number of nitrogens with one attached hydrogen (secondary N) is 1. The molecule has 1 aromatic carbocycles. The maximum absolute atomic E-state index is 14.0. The molecule has 106 valence electrons. The van der Waals surface area contributed by atoms with Crippen molar-refractivity contribution in [2.75, 3.05) is 7.05 Å². The van der Waals surface area contributed by atoms with Gasteiger partial charge < -0.3 is 10.1 Å². The highest BCUT2D eigenvalue weighted by Gasteiger charge is 2.09. The second-order valence-electron chi connectivity index (χ2n) is 4.50. The van der Waals surface area contributed by atoms with Crippen LogP contribution in [0.3, 0.4) is 0 Å². The number of nitrogens with zero attached hydrogens (tertiary/aromatic N) is 1. The van der Waals surface area contributed by atoms with Crippen LogP contribution in [0.15, 0.2) is 41.1 Å². The van der Waals surface area contributed by atoms with Gasteiger partial charge in [0.25, 0.3) is 0 Å². The summed E-state index contributed by atoms with van der Waals surface area (Å²) in [5.41, 5.74) is 1.77. The Morgan fingerprint density at radius 3 is 2.80 bits per heavy atom. The summed E-state index contributed by atoms with van der Waals surface area (Å²) in [7, 11) is 1.84. The summed E-state index contributed by atoms with van der Waals surface area (Å²) in [6.45, 7) is 2.26. The molecule has 20 heavy (non-hydrogen) atoms. The average Bonchev–Trinajstić information content (AvgIpc) is 2.45. The third kappa shape index (κ3) is 3.77. The average molecular weight is 339 g/mol. The summed E-state index contributed by atoms with van der Waals surface area (Å²) in [5, 5.41) is 3.07. The highest BCUT2D eigenvalue weighted by molar-refractivity contribution is 9.10. The van der Waals surface area contributed by atoms with E-state index in [2.05, 4.69) is 26.2 Å². The van der Waals surface area contributed by atoms with E-state index in [9.17, 15) is 4.39 Å². The van der Waals surface area contributed by atoms with Gasteiger partial charge in [-0.15, -0.1) is 0 Å². The van der Waals surface area contributed by atoms with Crippen molar-refractivity contribution in [3.05, 3.63) is 58.1 Å². The van der Waals surface area contributed by atoms with Crippen molar-refractivity contribution in [1.29, 1.82) is 0 Å². The number of benzene rings is 1. The first-order valence-corrected chi connectivity index (χ1v) is 7.08. The minimum Gasteiger partial charge on any atom is -0.486 e. The molecule has 2 rings (SSSR count). The van der Waals surface area contributed by atoms with E-state index in [0.717, 1.165) is 15.6 Å². The molecule has 0 saturated heterocycles. The minimum atomic E-state index is -0.354. The van der Waals surface area contributed by atoms with E-state index in [1.54, 1.807) is 18.5 Å². The fourth-order valence-corrected chi connectivity index (χ4v) is 2.18. The van der Waals surface area contributed by atoms with Crippen LogP contribution in [-0.2, 0) is 6.61 Å². The summed E-state index contributed by atoms with van der Waals surface area (Å²) in [6, 6.07) is 7.01. The first-order chi connectivity index (χ1) is 9.60. The van der Waals surface area contributed by atoms with Gasteiger partial charge in [0, 0.05) is 28.5 Å². The normalized spacial score (nSPS) is 12.2. The van der Waals surface area contributed by atoms with Gasteiger partial charge >= 0.3 is 0 Å². The first kappa shape index (κ1) is 14.9. The molecule has 1 N–H and O–H groups in total. The molecule has 2 aromatic rings. The summed E-state index contributed by atoms with van der Waals surface area (Å²) >= 11 is 3.34. The van der Waals surface area contributed by atoms with E-state index in [0.29, 0.717) is 0 Å². The van der Waals surface area contributed by atoms with Crippen LogP contribution in [0.4, 0.5) is 4.39 Å². The van der Waals surface area contributed by atoms with Gasteiger partial charge in [-0.05, 0) is 53.7 Å². The Bertz CT molecular complexity index is 592. The van der Waals surface area contributed by atoms with Gasteiger partial charge in [-0.2, -0.15) is 0 Å². The van der Waals surface area contributed by atoms with Crippen LogP contribution in [-0.4, -0.2) is 12.0 Å². The lowest BCUT2D eigenvalue weighted by Crippen LogP contribution is -2.12. The molecule has 5 heteroatoms. The second kappa shape index (κ2) is 6.81. The summed E-state index contributed by atoms with van der Waals surface area (Å²) in [5.74, 6) is -0.107. The zero-order valence-corrected chi connectivity index (χ0v) is 12.9. The lowest BCUT2D eigenvalue weighted by molar-refractivity contribution is 0.289. The van der Waals surface area contributed by atoms with Gasteiger partial charge in [0.05, 0.1) is 0 Å². The molecule has 1 aromatic heterocycles. The summed E-state index contributed by atoms with van der Waals surface area (Å²) in [4.78, 5) is 4.04. The molecular formula is C15H16BrFN2O. The van der Waals surface area contributed by atoms with Crippen LogP contribution in [0.5, 0.6) is 5.75 Å². The summed E-state index contributed by atoms with van der Waals surface area (Å²) < 4.78 is 20.3. The van der Waals surface area contributed by atoms with Crippen molar-refractivity contribution in [2.45, 2.75) is 19.6 Å². The molecule has 1 atom stereocenters. The highest BCUT2D eigenvalue weighted by atomic mass is 79.9. The maximum atomic E-state index is 14.0. The van der Waals surface area contributed by atoms with Gasteiger partial charge in [-0.1, -0.05) is 6.07 Å². The minimum absolute atomic E-state index is 0.104. The second-order valence-corrected chi connectivity index (χ2v) is 5.42. The van der Waals surface area contributed by atoms with Crippen LogP contribution >= 0.6 is 15.9 Å². The predicted octanol–water partition coefficient (Wildman–Crippen LogP) is 3.84. The summed E-state index contributed by atoms with van der Waals surface area (Å²) in [6.07, 6.45) is 3.39. The molecule has 0 amide bonds. The van der Waals surface area contributed by atoms with Crippen molar-refractivity contribution in [1.82, 2.24) is 10.3 Å². The fourth-order valence-electron chi connectivity index (χ4n) is 1.77. The number of pyridine rings is 1. The first-order valence-electron chi connectivity index (χ1n) is 6.29. The highest BCUT2D eigenvalue weighted by Crippen LogP contribution is 2.23. The number of rotatable bonds is 5. The lowest BCUT2D eigenvalue weighted by atomic mass is 10.1. The molecule has 3 nitrogen and oxygen atoms in total. The molecule has 0 bridgehead atoms. The maximum Gasteiger partial charge on any atom is 0.165 e. The molecule has 0 aliphatic carbocycles. The zero-order chi connectivity index (χ0) is 14.5. The standard InChI is InChI=1S/C15H16BrFN2O/c1-10(18-2)12-3-4-15(14(17)6-12)20-9-11-5-13(16)8-19-7-11/h3-8,10,18H,9H2,1-2H3. The molecule has 0 aliphatic rings. The van der Waals surface area contributed by atoms with Gasteiger partial charge in [0.1, 0.15) is 6.61 Å². The predicted molar refractivity (Wildman–Crippen MR) is 80.1 cm³/mol.